The highest BCUT2D eigenvalue weighted by atomic mass is 32.1. The molecule has 0 amide bonds. The molecule has 2 heterocycles. The molecule has 0 N–H and O–H groups in total. The van der Waals surface area contributed by atoms with Crippen LogP contribution in [0.4, 0.5) is 4.39 Å². The lowest BCUT2D eigenvalue weighted by Gasteiger charge is -1.95. The maximum absolute atomic E-state index is 12.6. The molecular weight excluding hydrogens is 209 g/mol. The van der Waals surface area contributed by atoms with Gasteiger partial charge in [0.2, 0.25) is 5.95 Å². The van der Waals surface area contributed by atoms with E-state index in [1.807, 2.05) is 0 Å². The van der Waals surface area contributed by atoms with E-state index in [-0.39, 0.29) is 0 Å². The van der Waals surface area contributed by atoms with Crippen LogP contribution in [0.15, 0.2) is 30.5 Å². The molecule has 15 heavy (non-hydrogen) atoms. The minimum absolute atomic E-state index is 0.427. The van der Waals surface area contributed by atoms with Crippen molar-refractivity contribution in [1.29, 1.82) is 0 Å². The highest BCUT2D eigenvalue weighted by molar-refractivity contribution is 7.15. The normalized spacial score (nSPS) is 10.5. The number of aromatic nitrogens is 1. The Morgan fingerprint density at radius 3 is 2.80 bits per heavy atom. The van der Waals surface area contributed by atoms with Crippen molar-refractivity contribution in [1.82, 2.24) is 4.98 Å². The number of thiophene rings is 1. The van der Waals surface area contributed by atoms with Gasteiger partial charge in [-0.15, -0.1) is 11.3 Å². The third-order valence-corrected chi connectivity index (χ3v) is 3.36. The summed E-state index contributed by atoms with van der Waals surface area (Å²) >= 11 is 1.75. The van der Waals surface area contributed by atoms with E-state index < -0.39 is 5.95 Å². The van der Waals surface area contributed by atoms with Gasteiger partial charge in [0.1, 0.15) is 0 Å². The molecule has 0 unspecified atom stereocenters. The molecule has 0 aliphatic rings. The largest absolute Gasteiger partial charge is 0.228 e. The summed E-state index contributed by atoms with van der Waals surface area (Å²) < 4.78 is 12.6. The van der Waals surface area contributed by atoms with Crippen LogP contribution in [0.1, 0.15) is 18.2 Å². The zero-order valence-corrected chi connectivity index (χ0v) is 9.35. The first-order chi connectivity index (χ1) is 7.29. The van der Waals surface area contributed by atoms with Gasteiger partial charge < -0.3 is 0 Å². The van der Waals surface area contributed by atoms with Crippen molar-refractivity contribution < 1.29 is 4.39 Å². The molecule has 0 saturated carbocycles. The van der Waals surface area contributed by atoms with Gasteiger partial charge in [0.25, 0.3) is 0 Å². The van der Waals surface area contributed by atoms with Crippen LogP contribution in [-0.2, 0) is 6.42 Å². The van der Waals surface area contributed by atoms with Crippen LogP contribution in [0.5, 0.6) is 0 Å². The molecule has 78 valence electrons. The lowest BCUT2D eigenvalue weighted by Crippen LogP contribution is -1.80. The highest BCUT2D eigenvalue weighted by Crippen LogP contribution is 2.28. The Morgan fingerprint density at radius 1 is 1.27 bits per heavy atom. The molecule has 0 aromatic carbocycles. The highest BCUT2D eigenvalue weighted by Gasteiger charge is 2.02. The molecule has 0 spiro atoms. The molecule has 1 nitrogen and oxygen atoms in total. The number of aryl methyl sites for hydroxylation is 1. The Morgan fingerprint density at radius 2 is 2.13 bits per heavy atom. The Labute approximate surface area is 92.6 Å². The molecule has 3 heteroatoms. The third kappa shape index (κ3) is 2.42. The summed E-state index contributed by atoms with van der Waals surface area (Å²) in [5.41, 5.74) is 0.990. The van der Waals surface area contributed by atoms with Gasteiger partial charge in [0, 0.05) is 21.5 Å². The summed E-state index contributed by atoms with van der Waals surface area (Å²) in [7, 11) is 0. The van der Waals surface area contributed by atoms with Gasteiger partial charge >= 0.3 is 0 Å². The standard InChI is InChI=1S/C12H12FNS/c1-2-3-10-5-6-11(15-10)9-4-7-12(13)14-8-9/h4-8H,2-3H2,1H3. The van der Waals surface area contributed by atoms with Crippen LogP contribution >= 0.6 is 11.3 Å². The van der Waals surface area contributed by atoms with E-state index in [0.717, 1.165) is 23.3 Å². The minimum atomic E-state index is -0.427. The molecule has 0 saturated heterocycles. The van der Waals surface area contributed by atoms with Crippen molar-refractivity contribution in [2.24, 2.45) is 0 Å². The van der Waals surface area contributed by atoms with Gasteiger partial charge in [-0.05, 0) is 30.7 Å². The first-order valence-electron chi connectivity index (χ1n) is 5.00. The van der Waals surface area contributed by atoms with E-state index in [4.69, 9.17) is 0 Å². The molecular formula is C12H12FNS. The molecule has 0 fully saturated rings. The Hall–Kier alpha value is -1.22. The summed E-state index contributed by atoms with van der Waals surface area (Å²) in [5.74, 6) is -0.427. The topological polar surface area (TPSA) is 12.9 Å². The van der Waals surface area contributed by atoms with Crippen LogP contribution in [0, 0.1) is 5.95 Å². The van der Waals surface area contributed by atoms with Gasteiger partial charge in [-0.25, -0.2) is 4.98 Å². The van der Waals surface area contributed by atoms with Crippen LogP contribution in [0.25, 0.3) is 10.4 Å². The fourth-order valence-corrected chi connectivity index (χ4v) is 2.53. The van der Waals surface area contributed by atoms with E-state index in [1.54, 1.807) is 23.6 Å². The van der Waals surface area contributed by atoms with Crippen molar-refractivity contribution in [3.05, 3.63) is 41.3 Å². The van der Waals surface area contributed by atoms with Crippen molar-refractivity contribution in [2.45, 2.75) is 19.8 Å². The lowest BCUT2D eigenvalue weighted by molar-refractivity contribution is 0.584. The number of hydrogen-bond acceptors (Lipinski definition) is 2. The number of nitrogens with zero attached hydrogens (tertiary/aromatic N) is 1. The van der Waals surface area contributed by atoms with Gasteiger partial charge in [0.15, 0.2) is 0 Å². The van der Waals surface area contributed by atoms with Gasteiger partial charge in [-0.2, -0.15) is 4.39 Å². The number of rotatable bonds is 3. The Balaban J connectivity index is 2.25. The predicted molar refractivity (Wildman–Crippen MR) is 61.5 cm³/mol. The fraction of sp³-hybridized carbons (Fsp3) is 0.250. The SMILES string of the molecule is CCCc1ccc(-c2ccc(F)nc2)s1. The first-order valence-corrected chi connectivity index (χ1v) is 5.82. The van der Waals surface area contributed by atoms with Crippen molar-refractivity contribution in [2.75, 3.05) is 0 Å². The van der Waals surface area contributed by atoms with Crippen LogP contribution < -0.4 is 0 Å². The van der Waals surface area contributed by atoms with E-state index in [9.17, 15) is 4.39 Å². The zero-order valence-electron chi connectivity index (χ0n) is 8.53. The molecule has 0 atom stereocenters. The third-order valence-electron chi connectivity index (χ3n) is 2.17. The van der Waals surface area contributed by atoms with E-state index in [2.05, 4.69) is 24.0 Å². The zero-order chi connectivity index (χ0) is 10.7. The Bertz CT molecular complexity index is 433. The van der Waals surface area contributed by atoms with Crippen LogP contribution in [-0.4, -0.2) is 4.98 Å². The molecule has 2 rings (SSSR count). The monoisotopic (exact) mass is 221 g/mol. The maximum Gasteiger partial charge on any atom is 0.212 e. The summed E-state index contributed by atoms with van der Waals surface area (Å²) in [6.07, 6.45) is 3.85. The molecule has 0 aliphatic carbocycles. The van der Waals surface area contributed by atoms with Gasteiger partial charge in [-0.3, -0.25) is 0 Å². The molecule has 0 bridgehead atoms. The molecule has 0 aliphatic heterocycles. The van der Waals surface area contributed by atoms with E-state index in [0.29, 0.717) is 0 Å². The second kappa shape index (κ2) is 4.53. The summed E-state index contributed by atoms with van der Waals surface area (Å²) in [4.78, 5) is 6.18. The number of pyridine rings is 1. The molecule has 0 radical (unpaired) electrons. The number of hydrogen-bond donors (Lipinski definition) is 0. The summed E-state index contributed by atoms with van der Waals surface area (Å²) in [6.45, 7) is 2.17. The minimum Gasteiger partial charge on any atom is -0.228 e. The fourth-order valence-electron chi connectivity index (χ4n) is 1.44. The Kier molecular flexibility index (Phi) is 3.11. The smallest absolute Gasteiger partial charge is 0.212 e. The molecule has 2 aromatic rings. The van der Waals surface area contributed by atoms with Crippen molar-refractivity contribution >= 4 is 11.3 Å². The lowest BCUT2D eigenvalue weighted by atomic mass is 10.2. The number of halogens is 1. The second-order valence-corrected chi connectivity index (χ2v) is 4.55. The van der Waals surface area contributed by atoms with Crippen LogP contribution in [0.3, 0.4) is 0 Å². The van der Waals surface area contributed by atoms with E-state index in [1.165, 1.54) is 10.9 Å². The van der Waals surface area contributed by atoms with Gasteiger partial charge in [0.05, 0.1) is 0 Å². The van der Waals surface area contributed by atoms with Crippen molar-refractivity contribution in [3.8, 4) is 10.4 Å². The maximum atomic E-state index is 12.6. The van der Waals surface area contributed by atoms with Crippen LogP contribution in [0.2, 0.25) is 0 Å². The average molecular weight is 221 g/mol. The quantitative estimate of drug-likeness (QED) is 0.716. The van der Waals surface area contributed by atoms with E-state index >= 15 is 0 Å². The van der Waals surface area contributed by atoms with Crippen molar-refractivity contribution in [3.63, 3.8) is 0 Å². The first kappa shape index (κ1) is 10.3. The average Bonchev–Trinajstić information content (AvgIpc) is 2.68. The van der Waals surface area contributed by atoms with Gasteiger partial charge in [-0.1, -0.05) is 13.3 Å². The second-order valence-electron chi connectivity index (χ2n) is 3.39. The predicted octanol–water partition coefficient (Wildman–Crippen LogP) is 3.90. The summed E-state index contributed by atoms with van der Waals surface area (Å²) in [5, 5.41) is 0. The molecule has 2 aromatic heterocycles. The summed E-state index contributed by atoms with van der Waals surface area (Å²) in [6, 6.07) is 7.37.